The maximum atomic E-state index is 13.2. The molecule has 1 spiro atoms. The third kappa shape index (κ3) is 3.55. The summed E-state index contributed by atoms with van der Waals surface area (Å²) in [6.07, 6.45) is 6.72. The van der Waals surface area contributed by atoms with Gasteiger partial charge in [-0.3, -0.25) is 4.79 Å². The molecule has 4 nitrogen and oxygen atoms in total. The number of piperidine rings is 1. The molecule has 4 rings (SSSR count). The van der Waals surface area contributed by atoms with E-state index in [2.05, 4.69) is 4.90 Å². The Balaban J connectivity index is 1.35. The Morgan fingerprint density at radius 3 is 2.80 bits per heavy atom. The van der Waals surface area contributed by atoms with Crippen molar-refractivity contribution in [2.75, 3.05) is 32.9 Å². The van der Waals surface area contributed by atoms with Gasteiger partial charge in [0, 0.05) is 36.9 Å². The van der Waals surface area contributed by atoms with Crippen molar-refractivity contribution in [1.82, 2.24) is 4.90 Å². The lowest BCUT2D eigenvalue weighted by Crippen LogP contribution is -2.54. The first-order valence-electron chi connectivity index (χ1n) is 9.81. The van der Waals surface area contributed by atoms with Crippen molar-refractivity contribution in [3.63, 3.8) is 0 Å². The van der Waals surface area contributed by atoms with E-state index in [9.17, 15) is 4.79 Å². The molecule has 0 N–H and O–H groups in total. The highest BCUT2D eigenvalue weighted by Crippen LogP contribution is 2.51. The summed E-state index contributed by atoms with van der Waals surface area (Å²) < 4.78 is 11.6. The standard InChI is InChI=1S/C21H29NO3/c23-20(19-9-13-24-16-21(19)10-5-11-21)22-12-4-6-17(14-22)15-25-18-7-2-1-3-8-18/h1-3,7-8,17,19H,4-6,9-16H2. The minimum absolute atomic E-state index is 0.156. The molecular weight excluding hydrogens is 314 g/mol. The van der Waals surface area contributed by atoms with Crippen LogP contribution in [0.5, 0.6) is 5.75 Å². The van der Waals surface area contributed by atoms with Crippen LogP contribution in [-0.4, -0.2) is 43.7 Å². The molecule has 1 aromatic rings. The van der Waals surface area contributed by atoms with E-state index in [1.54, 1.807) is 0 Å². The molecule has 2 saturated heterocycles. The number of nitrogens with zero attached hydrogens (tertiary/aromatic N) is 1. The molecule has 0 bridgehead atoms. The molecule has 1 aliphatic carbocycles. The van der Waals surface area contributed by atoms with Crippen LogP contribution in [0.1, 0.15) is 38.5 Å². The van der Waals surface area contributed by atoms with E-state index >= 15 is 0 Å². The van der Waals surface area contributed by atoms with Crippen LogP contribution in [0.4, 0.5) is 0 Å². The highest BCUT2D eigenvalue weighted by molar-refractivity contribution is 5.80. The maximum Gasteiger partial charge on any atom is 0.226 e. The lowest BCUT2D eigenvalue weighted by atomic mass is 9.59. The number of carbonyl (C=O) groups is 1. The summed E-state index contributed by atoms with van der Waals surface area (Å²) in [5.41, 5.74) is 0.156. The monoisotopic (exact) mass is 343 g/mol. The first-order valence-corrected chi connectivity index (χ1v) is 9.81. The Labute approximate surface area is 150 Å². The van der Waals surface area contributed by atoms with Crippen LogP contribution in [-0.2, 0) is 9.53 Å². The fourth-order valence-electron chi connectivity index (χ4n) is 4.74. The van der Waals surface area contributed by atoms with E-state index in [1.165, 1.54) is 6.42 Å². The van der Waals surface area contributed by atoms with Gasteiger partial charge in [-0.25, -0.2) is 0 Å². The molecule has 2 aliphatic heterocycles. The highest BCUT2D eigenvalue weighted by atomic mass is 16.5. The highest BCUT2D eigenvalue weighted by Gasteiger charge is 2.50. The van der Waals surface area contributed by atoms with Crippen LogP contribution in [0.3, 0.4) is 0 Å². The average molecular weight is 343 g/mol. The lowest BCUT2D eigenvalue weighted by Gasteiger charge is -2.51. The second-order valence-corrected chi connectivity index (χ2v) is 8.03. The number of rotatable bonds is 4. The van der Waals surface area contributed by atoms with Crippen LogP contribution in [0, 0.1) is 17.3 Å². The number of ether oxygens (including phenoxy) is 2. The minimum Gasteiger partial charge on any atom is -0.493 e. The summed E-state index contributed by atoms with van der Waals surface area (Å²) in [5, 5.41) is 0. The summed E-state index contributed by atoms with van der Waals surface area (Å²) >= 11 is 0. The zero-order valence-corrected chi connectivity index (χ0v) is 15.0. The quantitative estimate of drug-likeness (QED) is 0.840. The summed E-state index contributed by atoms with van der Waals surface area (Å²) in [5.74, 6) is 1.93. The van der Waals surface area contributed by atoms with Gasteiger partial charge in [0.25, 0.3) is 0 Å². The Bertz CT molecular complexity index is 584. The fourth-order valence-corrected chi connectivity index (χ4v) is 4.74. The third-order valence-electron chi connectivity index (χ3n) is 6.39. The zero-order chi connectivity index (χ0) is 17.1. The second kappa shape index (κ2) is 7.36. The topological polar surface area (TPSA) is 38.8 Å². The Morgan fingerprint density at radius 1 is 1.20 bits per heavy atom. The van der Waals surface area contributed by atoms with Gasteiger partial charge in [0.15, 0.2) is 0 Å². The molecule has 136 valence electrons. The van der Waals surface area contributed by atoms with Crippen molar-refractivity contribution in [3.8, 4) is 5.75 Å². The second-order valence-electron chi connectivity index (χ2n) is 8.03. The van der Waals surface area contributed by atoms with Crippen LogP contribution in [0.25, 0.3) is 0 Å². The van der Waals surface area contributed by atoms with Crippen molar-refractivity contribution in [2.24, 2.45) is 17.3 Å². The molecule has 0 aromatic heterocycles. The fraction of sp³-hybridized carbons (Fsp3) is 0.667. The molecule has 25 heavy (non-hydrogen) atoms. The van der Waals surface area contributed by atoms with E-state index < -0.39 is 0 Å². The van der Waals surface area contributed by atoms with Gasteiger partial charge in [-0.2, -0.15) is 0 Å². The molecule has 1 saturated carbocycles. The average Bonchev–Trinajstić information content (AvgIpc) is 2.65. The number of hydrogen-bond acceptors (Lipinski definition) is 3. The molecule has 4 heteroatoms. The molecule has 3 fully saturated rings. The SMILES string of the molecule is O=C(C1CCOCC12CCC2)N1CCCC(COc2ccccc2)C1. The van der Waals surface area contributed by atoms with Crippen molar-refractivity contribution < 1.29 is 14.3 Å². The summed E-state index contributed by atoms with van der Waals surface area (Å²) in [6, 6.07) is 9.98. The van der Waals surface area contributed by atoms with Gasteiger partial charge in [-0.05, 0) is 44.2 Å². The van der Waals surface area contributed by atoms with Crippen LogP contribution >= 0.6 is 0 Å². The van der Waals surface area contributed by atoms with Crippen LogP contribution in [0.15, 0.2) is 30.3 Å². The van der Waals surface area contributed by atoms with Gasteiger partial charge in [0.05, 0.1) is 13.2 Å². The van der Waals surface area contributed by atoms with E-state index in [1.807, 2.05) is 30.3 Å². The van der Waals surface area contributed by atoms with E-state index in [0.29, 0.717) is 18.4 Å². The van der Waals surface area contributed by atoms with E-state index in [4.69, 9.17) is 9.47 Å². The lowest BCUT2D eigenvalue weighted by molar-refractivity contribution is -0.159. The Morgan fingerprint density at radius 2 is 2.04 bits per heavy atom. The van der Waals surface area contributed by atoms with Gasteiger partial charge >= 0.3 is 0 Å². The van der Waals surface area contributed by atoms with Gasteiger partial charge in [0.1, 0.15) is 5.75 Å². The largest absolute Gasteiger partial charge is 0.493 e. The number of amides is 1. The Kier molecular flexibility index (Phi) is 4.98. The summed E-state index contributed by atoms with van der Waals surface area (Å²) in [7, 11) is 0. The summed E-state index contributed by atoms with van der Waals surface area (Å²) in [6.45, 7) is 3.99. The molecule has 2 unspecified atom stereocenters. The normalized spacial score (nSPS) is 28.4. The van der Waals surface area contributed by atoms with Gasteiger partial charge in [-0.1, -0.05) is 24.6 Å². The Hall–Kier alpha value is -1.55. The smallest absolute Gasteiger partial charge is 0.226 e. The number of carbonyl (C=O) groups excluding carboxylic acids is 1. The first kappa shape index (κ1) is 16.9. The predicted molar refractivity (Wildman–Crippen MR) is 96.5 cm³/mol. The van der Waals surface area contributed by atoms with Crippen LogP contribution < -0.4 is 4.74 Å². The number of para-hydroxylation sites is 1. The van der Waals surface area contributed by atoms with Gasteiger partial charge in [0.2, 0.25) is 5.91 Å². The third-order valence-corrected chi connectivity index (χ3v) is 6.39. The maximum absolute atomic E-state index is 13.2. The van der Waals surface area contributed by atoms with Gasteiger partial charge in [-0.15, -0.1) is 0 Å². The van der Waals surface area contributed by atoms with Crippen molar-refractivity contribution >= 4 is 5.91 Å². The van der Waals surface area contributed by atoms with E-state index in [0.717, 1.165) is 64.2 Å². The number of benzene rings is 1. The van der Waals surface area contributed by atoms with Crippen LogP contribution in [0.2, 0.25) is 0 Å². The predicted octanol–water partition coefficient (Wildman–Crippen LogP) is 3.51. The molecule has 1 aromatic carbocycles. The molecule has 2 atom stereocenters. The molecule has 0 radical (unpaired) electrons. The first-order chi connectivity index (χ1) is 12.3. The zero-order valence-electron chi connectivity index (χ0n) is 15.0. The minimum atomic E-state index is 0.156. The van der Waals surface area contributed by atoms with Gasteiger partial charge < -0.3 is 14.4 Å². The molecular formula is C21H29NO3. The summed E-state index contributed by atoms with van der Waals surface area (Å²) in [4.78, 5) is 15.3. The van der Waals surface area contributed by atoms with E-state index in [-0.39, 0.29) is 11.3 Å². The molecule has 1 amide bonds. The molecule has 3 aliphatic rings. The van der Waals surface area contributed by atoms with Crippen molar-refractivity contribution in [3.05, 3.63) is 30.3 Å². The number of likely N-dealkylation sites (tertiary alicyclic amines) is 1. The molecule has 2 heterocycles. The van der Waals surface area contributed by atoms with Crippen molar-refractivity contribution in [1.29, 1.82) is 0 Å². The number of hydrogen-bond donors (Lipinski definition) is 0. The van der Waals surface area contributed by atoms with Crippen molar-refractivity contribution in [2.45, 2.75) is 38.5 Å².